The first-order valence-electron chi connectivity index (χ1n) is 5.05. The molecule has 3 nitrogen and oxygen atoms in total. The Bertz CT molecular complexity index is 236. The van der Waals surface area contributed by atoms with Crippen LogP contribution in [-0.4, -0.2) is 33.0 Å². The molecule has 0 spiro atoms. The van der Waals surface area contributed by atoms with Crippen molar-refractivity contribution >= 4 is 9.84 Å². The van der Waals surface area contributed by atoms with E-state index in [1.54, 1.807) is 0 Å². The average Bonchev–Trinajstić information content (AvgIpc) is 2.40. The van der Waals surface area contributed by atoms with Gasteiger partial charge in [0.05, 0.1) is 11.5 Å². The molecule has 4 heteroatoms. The minimum atomic E-state index is -2.67. The van der Waals surface area contributed by atoms with E-state index in [-0.39, 0.29) is 0 Å². The van der Waals surface area contributed by atoms with Crippen LogP contribution in [0.5, 0.6) is 0 Å². The third-order valence-corrected chi connectivity index (χ3v) is 4.32. The lowest BCUT2D eigenvalue weighted by molar-refractivity contribution is 0.508. The number of rotatable bonds is 5. The zero-order valence-corrected chi connectivity index (χ0v) is 9.07. The first kappa shape index (κ1) is 11.0. The number of nitrogens with one attached hydrogen (secondary N) is 1. The molecule has 1 aliphatic heterocycles. The van der Waals surface area contributed by atoms with Crippen molar-refractivity contribution in [2.45, 2.75) is 26.2 Å². The molecule has 0 aromatic heterocycles. The van der Waals surface area contributed by atoms with Gasteiger partial charge in [0.2, 0.25) is 0 Å². The first-order valence-corrected chi connectivity index (χ1v) is 6.87. The van der Waals surface area contributed by atoms with Gasteiger partial charge in [-0.25, -0.2) is 8.42 Å². The number of hydrogen-bond donors (Lipinski definition) is 1. The molecule has 1 saturated heterocycles. The standard InChI is InChI=1S/C9H19NO2S/c1-2-5-10-6-3-9-4-7-13(11,12)8-9/h9-10H,2-8H2,1H3. The fraction of sp³-hybridized carbons (Fsp3) is 1.00. The fourth-order valence-corrected chi connectivity index (χ4v) is 3.62. The fourth-order valence-electron chi connectivity index (χ4n) is 1.71. The van der Waals surface area contributed by atoms with Crippen LogP contribution in [-0.2, 0) is 9.84 Å². The van der Waals surface area contributed by atoms with Crippen LogP contribution < -0.4 is 5.32 Å². The van der Waals surface area contributed by atoms with Crippen LogP contribution >= 0.6 is 0 Å². The summed E-state index contributed by atoms with van der Waals surface area (Å²) < 4.78 is 22.2. The van der Waals surface area contributed by atoms with E-state index >= 15 is 0 Å². The lowest BCUT2D eigenvalue weighted by atomic mass is 10.1. The predicted molar refractivity (Wildman–Crippen MR) is 54.5 cm³/mol. The molecule has 13 heavy (non-hydrogen) atoms. The molecule has 1 N–H and O–H groups in total. The topological polar surface area (TPSA) is 46.2 Å². The molecule has 1 fully saturated rings. The van der Waals surface area contributed by atoms with Crippen LogP contribution in [0.2, 0.25) is 0 Å². The number of sulfone groups is 1. The SMILES string of the molecule is CCCNCCC1CCS(=O)(=O)C1. The predicted octanol–water partition coefficient (Wildman–Crippen LogP) is 0.811. The molecule has 0 aromatic rings. The summed E-state index contributed by atoms with van der Waals surface area (Å²) in [6.45, 7) is 4.14. The van der Waals surface area contributed by atoms with Gasteiger partial charge in [-0.15, -0.1) is 0 Å². The van der Waals surface area contributed by atoms with Crippen LogP contribution in [0.4, 0.5) is 0 Å². The van der Waals surface area contributed by atoms with Crippen molar-refractivity contribution in [3.63, 3.8) is 0 Å². The molecule has 0 aromatic carbocycles. The summed E-state index contributed by atoms with van der Waals surface area (Å²) in [7, 11) is -2.67. The van der Waals surface area contributed by atoms with E-state index in [1.807, 2.05) is 0 Å². The Balaban J connectivity index is 2.11. The smallest absolute Gasteiger partial charge is 0.150 e. The molecule has 0 saturated carbocycles. The van der Waals surface area contributed by atoms with E-state index in [1.165, 1.54) is 0 Å². The average molecular weight is 205 g/mol. The molecule has 0 radical (unpaired) electrons. The Labute approximate surface area is 80.8 Å². The van der Waals surface area contributed by atoms with Crippen LogP contribution in [0, 0.1) is 5.92 Å². The van der Waals surface area contributed by atoms with Gasteiger partial charge < -0.3 is 5.32 Å². The normalized spacial score (nSPS) is 26.4. The summed E-state index contributed by atoms with van der Waals surface area (Å²) >= 11 is 0. The molecule has 0 aliphatic carbocycles. The Morgan fingerprint density at radius 2 is 2.15 bits per heavy atom. The maximum atomic E-state index is 11.1. The van der Waals surface area contributed by atoms with E-state index in [4.69, 9.17) is 0 Å². The molecule has 0 amide bonds. The Kier molecular flexibility index (Phi) is 4.19. The minimum Gasteiger partial charge on any atom is -0.317 e. The Morgan fingerprint density at radius 1 is 1.38 bits per heavy atom. The van der Waals surface area contributed by atoms with Gasteiger partial charge in [0, 0.05) is 0 Å². The van der Waals surface area contributed by atoms with Gasteiger partial charge in [0.1, 0.15) is 0 Å². The Hall–Kier alpha value is -0.0900. The molecule has 1 unspecified atom stereocenters. The highest BCUT2D eigenvalue weighted by Gasteiger charge is 2.26. The van der Waals surface area contributed by atoms with Gasteiger partial charge in [0.15, 0.2) is 9.84 Å². The van der Waals surface area contributed by atoms with Gasteiger partial charge in [-0.05, 0) is 38.3 Å². The molecule has 1 atom stereocenters. The lowest BCUT2D eigenvalue weighted by Gasteiger charge is -2.07. The maximum absolute atomic E-state index is 11.1. The summed E-state index contributed by atoms with van der Waals surface area (Å²) in [5, 5.41) is 3.29. The van der Waals surface area contributed by atoms with E-state index < -0.39 is 9.84 Å². The van der Waals surface area contributed by atoms with Crippen LogP contribution in [0.1, 0.15) is 26.2 Å². The summed E-state index contributed by atoms with van der Waals surface area (Å²) in [5.41, 5.74) is 0. The third-order valence-electron chi connectivity index (χ3n) is 2.48. The molecule has 1 heterocycles. The molecular formula is C9H19NO2S. The van der Waals surface area contributed by atoms with Gasteiger partial charge >= 0.3 is 0 Å². The largest absolute Gasteiger partial charge is 0.317 e. The van der Waals surface area contributed by atoms with E-state index in [9.17, 15) is 8.42 Å². The highest BCUT2D eigenvalue weighted by Crippen LogP contribution is 2.20. The van der Waals surface area contributed by atoms with E-state index in [2.05, 4.69) is 12.2 Å². The van der Waals surface area contributed by atoms with E-state index in [0.29, 0.717) is 17.4 Å². The van der Waals surface area contributed by atoms with Gasteiger partial charge in [-0.2, -0.15) is 0 Å². The third kappa shape index (κ3) is 4.09. The second-order valence-electron chi connectivity index (χ2n) is 3.81. The summed E-state index contributed by atoms with van der Waals surface area (Å²) in [5.74, 6) is 1.24. The Morgan fingerprint density at radius 3 is 2.69 bits per heavy atom. The summed E-state index contributed by atoms with van der Waals surface area (Å²) in [6.07, 6.45) is 3.03. The lowest BCUT2D eigenvalue weighted by Crippen LogP contribution is -2.19. The second-order valence-corrected chi connectivity index (χ2v) is 6.04. The van der Waals surface area contributed by atoms with Crippen molar-refractivity contribution < 1.29 is 8.42 Å². The highest BCUT2D eigenvalue weighted by atomic mass is 32.2. The molecule has 1 rings (SSSR count). The van der Waals surface area contributed by atoms with Gasteiger partial charge in [0.25, 0.3) is 0 Å². The molecule has 1 aliphatic rings. The monoisotopic (exact) mass is 205 g/mol. The molecular weight excluding hydrogens is 186 g/mol. The van der Waals surface area contributed by atoms with Crippen molar-refractivity contribution in [1.29, 1.82) is 0 Å². The van der Waals surface area contributed by atoms with Crippen molar-refractivity contribution in [3.8, 4) is 0 Å². The molecule has 78 valence electrons. The first-order chi connectivity index (χ1) is 6.14. The minimum absolute atomic E-state index is 0.408. The number of hydrogen-bond acceptors (Lipinski definition) is 3. The van der Waals surface area contributed by atoms with Gasteiger partial charge in [-0.3, -0.25) is 0 Å². The summed E-state index contributed by atoms with van der Waals surface area (Å²) in [6, 6.07) is 0. The van der Waals surface area contributed by atoms with Crippen LogP contribution in [0.25, 0.3) is 0 Å². The van der Waals surface area contributed by atoms with Crippen molar-refractivity contribution in [2.75, 3.05) is 24.6 Å². The zero-order chi connectivity index (χ0) is 9.73. The zero-order valence-electron chi connectivity index (χ0n) is 8.25. The van der Waals surface area contributed by atoms with Crippen molar-refractivity contribution in [1.82, 2.24) is 5.32 Å². The van der Waals surface area contributed by atoms with Crippen molar-refractivity contribution in [3.05, 3.63) is 0 Å². The van der Waals surface area contributed by atoms with E-state index in [0.717, 1.165) is 32.4 Å². The van der Waals surface area contributed by atoms with Crippen molar-refractivity contribution in [2.24, 2.45) is 5.92 Å². The summed E-state index contributed by atoms with van der Waals surface area (Å²) in [4.78, 5) is 0. The van der Waals surface area contributed by atoms with Crippen LogP contribution in [0.15, 0.2) is 0 Å². The quantitative estimate of drug-likeness (QED) is 0.676. The molecule has 0 bridgehead atoms. The highest BCUT2D eigenvalue weighted by molar-refractivity contribution is 7.91. The second kappa shape index (κ2) is 4.96. The van der Waals surface area contributed by atoms with Gasteiger partial charge in [-0.1, -0.05) is 6.92 Å². The maximum Gasteiger partial charge on any atom is 0.150 e. The van der Waals surface area contributed by atoms with Crippen LogP contribution in [0.3, 0.4) is 0 Å².